The maximum atomic E-state index is 13.2. The second-order valence-electron chi connectivity index (χ2n) is 4.12. The number of hydrogen-bond acceptors (Lipinski definition) is 3. The third-order valence-electron chi connectivity index (χ3n) is 2.67. The first kappa shape index (κ1) is 11.0. The molecule has 0 atom stereocenters. The zero-order valence-electron chi connectivity index (χ0n) is 8.78. The van der Waals surface area contributed by atoms with Crippen LogP contribution in [0.3, 0.4) is 0 Å². The third-order valence-corrected chi connectivity index (χ3v) is 2.67. The Morgan fingerprint density at radius 1 is 1.50 bits per heavy atom. The largest absolute Gasteiger partial charge is 0.312 e. The summed E-state index contributed by atoms with van der Waals surface area (Å²) in [4.78, 5) is 9.68. The molecule has 1 N–H and O–H groups in total. The number of hydrogen-bond donors (Lipinski definition) is 1. The van der Waals surface area contributed by atoms with Gasteiger partial charge in [0, 0.05) is 12.6 Å². The van der Waals surface area contributed by atoms with Crippen molar-refractivity contribution in [3.8, 4) is 0 Å². The normalized spacial score (nSPS) is 15.1. The molecule has 0 unspecified atom stereocenters. The van der Waals surface area contributed by atoms with Gasteiger partial charge in [0.15, 0.2) is 0 Å². The van der Waals surface area contributed by atoms with Crippen LogP contribution < -0.4 is 5.32 Å². The fourth-order valence-electron chi connectivity index (χ4n) is 1.55. The minimum absolute atomic E-state index is 0.467. The monoisotopic (exact) mass is 224 g/mol. The van der Waals surface area contributed by atoms with Gasteiger partial charge in [-0.2, -0.15) is 4.39 Å². The van der Waals surface area contributed by atoms with E-state index in [9.17, 15) is 14.5 Å². The molecule has 0 saturated heterocycles. The van der Waals surface area contributed by atoms with E-state index in [4.69, 9.17) is 0 Å². The van der Waals surface area contributed by atoms with E-state index in [1.165, 1.54) is 25.0 Å². The van der Waals surface area contributed by atoms with Gasteiger partial charge in [-0.25, -0.2) is 0 Å². The Morgan fingerprint density at radius 2 is 2.25 bits per heavy atom. The molecule has 1 aromatic carbocycles. The molecule has 1 saturated carbocycles. The Bertz CT molecular complexity index is 405. The van der Waals surface area contributed by atoms with E-state index in [0.717, 1.165) is 18.0 Å². The number of nitrogens with zero attached hydrogens (tertiary/aromatic N) is 1. The van der Waals surface area contributed by atoms with Crippen LogP contribution in [-0.4, -0.2) is 11.5 Å². The summed E-state index contributed by atoms with van der Waals surface area (Å²) in [6.07, 6.45) is 2.53. The van der Waals surface area contributed by atoms with Crippen molar-refractivity contribution >= 4 is 5.69 Å². The smallest absolute Gasteiger partial charge is 0.304 e. The van der Waals surface area contributed by atoms with Crippen LogP contribution >= 0.6 is 0 Å². The van der Waals surface area contributed by atoms with Gasteiger partial charge in [0.05, 0.1) is 4.92 Å². The van der Waals surface area contributed by atoms with Crippen LogP contribution in [0.4, 0.5) is 10.1 Å². The van der Waals surface area contributed by atoms with Crippen molar-refractivity contribution in [2.75, 3.05) is 6.54 Å². The van der Waals surface area contributed by atoms with Crippen LogP contribution in [0.5, 0.6) is 0 Å². The second-order valence-corrected chi connectivity index (χ2v) is 4.12. The zero-order valence-corrected chi connectivity index (χ0v) is 8.78. The number of nitro groups is 1. The lowest BCUT2D eigenvalue weighted by molar-refractivity contribution is -0.387. The molecule has 1 aliphatic carbocycles. The van der Waals surface area contributed by atoms with Crippen molar-refractivity contribution in [2.24, 2.45) is 5.92 Å². The van der Waals surface area contributed by atoms with E-state index in [0.29, 0.717) is 6.54 Å². The predicted molar refractivity (Wildman–Crippen MR) is 57.5 cm³/mol. The molecule has 0 bridgehead atoms. The lowest BCUT2D eigenvalue weighted by Crippen LogP contribution is -2.16. The highest BCUT2D eigenvalue weighted by atomic mass is 19.1. The molecular formula is C11H13FN2O2. The summed E-state index contributed by atoms with van der Waals surface area (Å²) in [6, 6.07) is 4.02. The topological polar surface area (TPSA) is 55.2 Å². The zero-order chi connectivity index (χ0) is 11.5. The number of halogens is 1. The standard InChI is InChI=1S/C11H13FN2O2/c12-10-5-9(3-4-11(10)14(15)16)7-13-6-8-1-2-8/h3-5,8,13H,1-2,6-7H2. The van der Waals surface area contributed by atoms with Crippen molar-refractivity contribution in [3.63, 3.8) is 0 Å². The Hall–Kier alpha value is -1.49. The molecular weight excluding hydrogens is 211 g/mol. The van der Waals surface area contributed by atoms with Gasteiger partial charge in [-0.05, 0) is 36.9 Å². The van der Waals surface area contributed by atoms with Gasteiger partial charge in [0.25, 0.3) is 0 Å². The Morgan fingerprint density at radius 3 is 2.81 bits per heavy atom. The molecule has 4 nitrogen and oxygen atoms in total. The molecule has 1 aromatic rings. The molecule has 2 rings (SSSR count). The summed E-state index contributed by atoms with van der Waals surface area (Å²) in [7, 11) is 0. The van der Waals surface area contributed by atoms with Gasteiger partial charge >= 0.3 is 5.69 Å². The van der Waals surface area contributed by atoms with Crippen molar-refractivity contribution in [1.82, 2.24) is 5.32 Å². The summed E-state index contributed by atoms with van der Waals surface area (Å²) < 4.78 is 13.2. The van der Waals surface area contributed by atoms with Crippen LogP contribution in [0.25, 0.3) is 0 Å². The quantitative estimate of drug-likeness (QED) is 0.616. The van der Waals surface area contributed by atoms with Crippen molar-refractivity contribution in [3.05, 3.63) is 39.7 Å². The van der Waals surface area contributed by atoms with Crippen molar-refractivity contribution in [2.45, 2.75) is 19.4 Å². The third kappa shape index (κ3) is 2.76. The van der Waals surface area contributed by atoms with Gasteiger partial charge in [0.2, 0.25) is 5.82 Å². The van der Waals surface area contributed by atoms with Crippen LogP contribution in [0.15, 0.2) is 18.2 Å². The maximum Gasteiger partial charge on any atom is 0.304 e. The van der Waals surface area contributed by atoms with Gasteiger partial charge in [0.1, 0.15) is 0 Å². The fourth-order valence-corrected chi connectivity index (χ4v) is 1.55. The highest BCUT2D eigenvalue weighted by Crippen LogP contribution is 2.27. The molecule has 0 aromatic heterocycles. The number of rotatable bonds is 5. The molecule has 0 amide bonds. The molecule has 16 heavy (non-hydrogen) atoms. The Labute approximate surface area is 92.6 Å². The molecule has 0 radical (unpaired) electrons. The molecule has 0 heterocycles. The first-order valence-electron chi connectivity index (χ1n) is 5.30. The molecule has 0 aliphatic heterocycles. The van der Waals surface area contributed by atoms with Crippen LogP contribution in [0, 0.1) is 21.8 Å². The van der Waals surface area contributed by atoms with Crippen LogP contribution in [0.2, 0.25) is 0 Å². The molecule has 1 fully saturated rings. The summed E-state index contributed by atoms with van der Waals surface area (Å²) in [5.41, 5.74) is 0.273. The van der Waals surface area contributed by atoms with E-state index in [-0.39, 0.29) is 0 Å². The van der Waals surface area contributed by atoms with Crippen LogP contribution in [-0.2, 0) is 6.54 Å². The van der Waals surface area contributed by atoms with E-state index >= 15 is 0 Å². The summed E-state index contributed by atoms with van der Waals surface area (Å²) in [5, 5.41) is 13.6. The van der Waals surface area contributed by atoms with Gasteiger partial charge < -0.3 is 5.32 Å². The molecule has 5 heteroatoms. The average Bonchev–Trinajstić information content (AvgIpc) is 3.01. The van der Waals surface area contributed by atoms with Gasteiger partial charge in [-0.1, -0.05) is 6.07 Å². The van der Waals surface area contributed by atoms with E-state index in [1.807, 2.05) is 0 Å². The lowest BCUT2D eigenvalue weighted by Gasteiger charge is -2.03. The Kier molecular flexibility index (Phi) is 3.14. The maximum absolute atomic E-state index is 13.2. The lowest BCUT2D eigenvalue weighted by atomic mass is 10.2. The highest BCUT2D eigenvalue weighted by molar-refractivity contribution is 5.34. The van der Waals surface area contributed by atoms with Crippen molar-refractivity contribution in [1.29, 1.82) is 0 Å². The SMILES string of the molecule is O=[N+]([O-])c1ccc(CNCC2CC2)cc1F. The summed E-state index contributed by atoms with van der Waals surface area (Å²) in [5.74, 6) is -0.00128. The number of nitrogens with one attached hydrogen (secondary N) is 1. The molecule has 1 aliphatic rings. The van der Waals surface area contributed by atoms with Crippen LogP contribution in [0.1, 0.15) is 18.4 Å². The minimum Gasteiger partial charge on any atom is -0.312 e. The Balaban J connectivity index is 1.93. The van der Waals surface area contributed by atoms with Crippen molar-refractivity contribution < 1.29 is 9.31 Å². The molecule has 0 spiro atoms. The van der Waals surface area contributed by atoms with E-state index in [1.54, 1.807) is 6.07 Å². The summed E-state index contributed by atoms with van der Waals surface area (Å²) >= 11 is 0. The first-order valence-corrected chi connectivity index (χ1v) is 5.30. The number of benzene rings is 1. The number of nitro benzene ring substituents is 1. The average molecular weight is 224 g/mol. The van der Waals surface area contributed by atoms with Gasteiger partial charge in [-0.15, -0.1) is 0 Å². The van der Waals surface area contributed by atoms with E-state index in [2.05, 4.69) is 5.32 Å². The summed E-state index contributed by atoms with van der Waals surface area (Å²) in [6.45, 7) is 1.50. The molecule has 86 valence electrons. The minimum atomic E-state index is -0.768. The van der Waals surface area contributed by atoms with Gasteiger partial charge in [-0.3, -0.25) is 10.1 Å². The highest BCUT2D eigenvalue weighted by Gasteiger charge is 2.20. The second kappa shape index (κ2) is 4.57. The predicted octanol–water partition coefficient (Wildman–Crippen LogP) is 2.23. The van der Waals surface area contributed by atoms with E-state index < -0.39 is 16.4 Å². The fraction of sp³-hybridized carbons (Fsp3) is 0.455. The first-order chi connectivity index (χ1) is 7.66.